The molecule has 13 heteroatoms. The van der Waals surface area contributed by atoms with Crippen LogP contribution in [-0.2, 0) is 27.2 Å². The van der Waals surface area contributed by atoms with Crippen molar-refractivity contribution in [2.45, 2.75) is 24.4 Å². The molecule has 9 nitrogen and oxygen atoms in total. The third kappa shape index (κ3) is 5.39. The maximum atomic E-state index is 14.0. The van der Waals surface area contributed by atoms with Gasteiger partial charge in [0.15, 0.2) is 15.5 Å². The third-order valence-corrected chi connectivity index (χ3v) is 7.07. The van der Waals surface area contributed by atoms with Gasteiger partial charge in [0.2, 0.25) is 5.91 Å². The maximum absolute atomic E-state index is 14.0. The molecule has 5 rings (SSSR count). The highest BCUT2D eigenvalue weighted by Gasteiger charge is 2.35. The summed E-state index contributed by atoms with van der Waals surface area (Å²) < 4.78 is 68.7. The Morgan fingerprint density at radius 3 is 2.51 bits per heavy atom. The molecular formula is C26H21F3N6O3S. The number of alkyl halides is 3. The smallest absolute Gasteiger partial charge is 0.310 e. The summed E-state index contributed by atoms with van der Waals surface area (Å²) in [5.41, 5.74) is 0.925. The number of fused-ring (bicyclic) bond motifs is 1. The van der Waals surface area contributed by atoms with E-state index in [2.05, 4.69) is 20.5 Å². The fourth-order valence-electron chi connectivity index (χ4n) is 4.06. The summed E-state index contributed by atoms with van der Waals surface area (Å²) in [5, 5.41) is 11.3. The van der Waals surface area contributed by atoms with Crippen molar-refractivity contribution < 1.29 is 26.4 Å². The summed E-state index contributed by atoms with van der Waals surface area (Å²) in [6, 6.07) is 12.8. The lowest BCUT2D eigenvalue weighted by molar-refractivity contribution is -0.137. The van der Waals surface area contributed by atoms with E-state index in [1.807, 2.05) is 6.92 Å². The zero-order chi connectivity index (χ0) is 27.9. The number of aryl methyl sites for hydroxylation is 1. The molecule has 5 aromatic rings. The van der Waals surface area contributed by atoms with Crippen LogP contribution in [0.3, 0.4) is 0 Å². The van der Waals surface area contributed by atoms with E-state index < -0.39 is 32.4 Å². The molecule has 0 radical (unpaired) electrons. The average molecular weight is 555 g/mol. The molecule has 3 heterocycles. The van der Waals surface area contributed by atoms with Gasteiger partial charge in [0.05, 0.1) is 34.5 Å². The predicted molar refractivity (Wildman–Crippen MR) is 137 cm³/mol. The van der Waals surface area contributed by atoms with Gasteiger partial charge in [0.1, 0.15) is 5.82 Å². The number of hydrogen-bond donors (Lipinski definition) is 1. The van der Waals surface area contributed by atoms with Gasteiger partial charge < -0.3 is 5.32 Å². The Bertz CT molecular complexity index is 1810. The first kappa shape index (κ1) is 26.1. The van der Waals surface area contributed by atoms with Crippen LogP contribution in [0.1, 0.15) is 16.7 Å². The number of halogens is 3. The molecule has 0 saturated heterocycles. The van der Waals surface area contributed by atoms with E-state index in [-0.39, 0.29) is 23.5 Å². The Labute approximate surface area is 220 Å². The number of amides is 1. The van der Waals surface area contributed by atoms with E-state index in [4.69, 9.17) is 0 Å². The summed E-state index contributed by atoms with van der Waals surface area (Å²) in [6.07, 6.45) is 0.667. The topological polar surface area (TPSA) is 111 Å². The fraction of sp³-hybridized carbons (Fsp3) is 0.154. The van der Waals surface area contributed by atoms with Crippen LogP contribution in [0.2, 0.25) is 0 Å². The lowest BCUT2D eigenvalue weighted by atomic mass is 10.0. The van der Waals surface area contributed by atoms with Crippen LogP contribution in [-0.4, -0.2) is 45.0 Å². The summed E-state index contributed by atoms with van der Waals surface area (Å²) >= 11 is 0. The summed E-state index contributed by atoms with van der Waals surface area (Å²) in [5.74, 6) is -0.331. The minimum atomic E-state index is -4.86. The molecule has 0 aliphatic heterocycles. The van der Waals surface area contributed by atoms with E-state index in [0.717, 1.165) is 24.0 Å². The molecule has 1 amide bonds. The first-order valence-electron chi connectivity index (χ1n) is 11.6. The number of rotatable bonds is 6. The van der Waals surface area contributed by atoms with Gasteiger partial charge in [-0.1, -0.05) is 23.8 Å². The lowest BCUT2D eigenvalue weighted by Gasteiger charge is -2.13. The summed E-state index contributed by atoms with van der Waals surface area (Å²) in [4.78, 5) is 16.8. The van der Waals surface area contributed by atoms with Gasteiger partial charge in [-0.25, -0.2) is 22.6 Å². The number of carbonyl (C=O) groups excluding carboxylic acids is 1. The van der Waals surface area contributed by atoms with Crippen LogP contribution < -0.4 is 5.32 Å². The summed E-state index contributed by atoms with van der Waals surface area (Å²) in [6.45, 7) is 1.88. The second-order valence-electron chi connectivity index (χ2n) is 8.92. The van der Waals surface area contributed by atoms with E-state index in [1.165, 1.54) is 21.5 Å². The van der Waals surface area contributed by atoms with E-state index in [9.17, 15) is 26.4 Å². The van der Waals surface area contributed by atoms with E-state index in [1.54, 1.807) is 42.7 Å². The van der Waals surface area contributed by atoms with Gasteiger partial charge in [-0.2, -0.15) is 23.4 Å². The molecule has 0 fully saturated rings. The van der Waals surface area contributed by atoms with Crippen molar-refractivity contribution >= 4 is 27.2 Å². The van der Waals surface area contributed by atoms with Crippen molar-refractivity contribution in [1.82, 2.24) is 24.4 Å². The Balaban J connectivity index is 1.57. The first-order chi connectivity index (χ1) is 18.4. The molecule has 0 aliphatic rings. The predicted octanol–water partition coefficient (Wildman–Crippen LogP) is 4.49. The van der Waals surface area contributed by atoms with E-state index >= 15 is 0 Å². The minimum absolute atomic E-state index is 0.0915. The maximum Gasteiger partial charge on any atom is 0.417 e. The highest BCUT2D eigenvalue weighted by molar-refractivity contribution is 7.90. The zero-order valence-electron chi connectivity index (χ0n) is 20.6. The SMILES string of the molecule is Cc1ccc(-n2nc(-c3ccc(S(C)(=O)=O)cc3C(F)(F)F)cc2NC(=O)Cc2cnn3cccnc23)cc1. The second-order valence-corrected chi connectivity index (χ2v) is 10.9. The van der Waals surface area contributed by atoms with Gasteiger partial charge >= 0.3 is 6.18 Å². The molecule has 2 aromatic carbocycles. The normalized spacial score (nSPS) is 12.1. The summed E-state index contributed by atoms with van der Waals surface area (Å²) in [7, 11) is -3.89. The Morgan fingerprint density at radius 1 is 1.08 bits per heavy atom. The van der Waals surface area contributed by atoms with Crippen molar-refractivity contribution in [3.05, 3.63) is 89.9 Å². The molecule has 1 N–H and O–H groups in total. The molecule has 0 atom stereocenters. The van der Waals surface area contributed by atoms with Gasteiger partial charge in [0, 0.05) is 35.8 Å². The molecule has 0 saturated carbocycles. The van der Waals surface area contributed by atoms with Crippen molar-refractivity contribution in [2.24, 2.45) is 0 Å². The Kier molecular flexibility index (Phi) is 6.46. The highest BCUT2D eigenvalue weighted by Crippen LogP contribution is 2.39. The lowest BCUT2D eigenvalue weighted by Crippen LogP contribution is -2.17. The molecule has 0 unspecified atom stereocenters. The van der Waals surface area contributed by atoms with Crippen LogP contribution in [0, 0.1) is 6.92 Å². The average Bonchev–Trinajstić information content (AvgIpc) is 3.47. The zero-order valence-corrected chi connectivity index (χ0v) is 21.5. The van der Waals surface area contributed by atoms with Crippen LogP contribution in [0.4, 0.5) is 19.0 Å². The van der Waals surface area contributed by atoms with Crippen molar-refractivity contribution in [3.63, 3.8) is 0 Å². The first-order valence-corrected chi connectivity index (χ1v) is 13.5. The van der Waals surface area contributed by atoms with Gasteiger partial charge in [-0.05, 0) is 37.3 Å². The van der Waals surface area contributed by atoms with Crippen LogP contribution in [0.15, 0.2) is 78.1 Å². The highest BCUT2D eigenvalue weighted by atomic mass is 32.2. The number of hydrogen-bond acceptors (Lipinski definition) is 6. The van der Waals surface area contributed by atoms with Gasteiger partial charge in [-0.3, -0.25) is 4.79 Å². The molecule has 3 aromatic heterocycles. The number of sulfone groups is 1. The van der Waals surface area contributed by atoms with E-state index in [0.29, 0.717) is 23.0 Å². The molecular weight excluding hydrogens is 533 g/mol. The molecule has 0 bridgehead atoms. The van der Waals surface area contributed by atoms with Gasteiger partial charge in [0.25, 0.3) is 0 Å². The number of anilines is 1. The standard InChI is InChI=1S/C26H21F3N6O3S/c1-16-4-6-18(7-5-16)35-23(32-24(36)12-17-15-31-34-11-3-10-30-25(17)34)14-22(33-35)20-9-8-19(39(2,37)38)13-21(20)26(27,28)29/h3-11,13-15H,12H2,1-2H3,(H,32,36). The van der Waals surface area contributed by atoms with Crippen molar-refractivity contribution in [2.75, 3.05) is 11.6 Å². The molecule has 200 valence electrons. The molecule has 0 spiro atoms. The number of nitrogens with zero attached hydrogens (tertiary/aromatic N) is 5. The van der Waals surface area contributed by atoms with Crippen molar-refractivity contribution in [3.8, 4) is 16.9 Å². The molecule has 39 heavy (non-hydrogen) atoms. The van der Waals surface area contributed by atoms with Crippen LogP contribution >= 0.6 is 0 Å². The second kappa shape index (κ2) is 9.66. The fourth-order valence-corrected chi connectivity index (χ4v) is 4.70. The third-order valence-electron chi connectivity index (χ3n) is 5.96. The minimum Gasteiger partial charge on any atom is -0.310 e. The van der Waals surface area contributed by atoms with Crippen LogP contribution in [0.5, 0.6) is 0 Å². The van der Waals surface area contributed by atoms with Gasteiger partial charge in [-0.15, -0.1) is 0 Å². The quantitative estimate of drug-likeness (QED) is 0.331. The van der Waals surface area contributed by atoms with Crippen LogP contribution in [0.25, 0.3) is 22.6 Å². The number of carbonyl (C=O) groups is 1. The monoisotopic (exact) mass is 554 g/mol. The number of nitrogens with one attached hydrogen (secondary N) is 1. The Morgan fingerprint density at radius 2 is 1.82 bits per heavy atom. The number of benzene rings is 2. The largest absolute Gasteiger partial charge is 0.417 e. The Hall–Kier alpha value is -4.52. The molecule has 0 aliphatic carbocycles. The van der Waals surface area contributed by atoms with Crippen molar-refractivity contribution in [1.29, 1.82) is 0 Å². The number of aromatic nitrogens is 5.